The van der Waals surface area contributed by atoms with E-state index < -0.39 is 0 Å². The van der Waals surface area contributed by atoms with Gasteiger partial charge in [0.25, 0.3) is 0 Å². The maximum absolute atomic E-state index is 8.56. The summed E-state index contributed by atoms with van der Waals surface area (Å²) in [4.78, 5) is 0. The number of rotatable bonds is 3. The summed E-state index contributed by atoms with van der Waals surface area (Å²) in [6.07, 6.45) is 0. The van der Waals surface area contributed by atoms with Gasteiger partial charge >= 0.3 is 0 Å². The first-order chi connectivity index (χ1) is 6.63. The summed E-state index contributed by atoms with van der Waals surface area (Å²) >= 11 is 9.10. The summed E-state index contributed by atoms with van der Waals surface area (Å²) in [5.41, 5.74) is 0. The SMILES string of the molecule is CC(C#N)COc1ccc(Cl)cc1Br. The van der Waals surface area contributed by atoms with Gasteiger partial charge in [-0.15, -0.1) is 0 Å². The predicted molar refractivity (Wildman–Crippen MR) is 59.4 cm³/mol. The summed E-state index contributed by atoms with van der Waals surface area (Å²) in [6.45, 7) is 2.19. The molecule has 0 heterocycles. The topological polar surface area (TPSA) is 33.0 Å². The Kier molecular flexibility index (Phi) is 4.24. The van der Waals surface area contributed by atoms with Crippen LogP contribution in [0.15, 0.2) is 22.7 Å². The van der Waals surface area contributed by atoms with E-state index in [0.29, 0.717) is 17.4 Å². The van der Waals surface area contributed by atoms with Gasteiger partial charge in [0.05, 0.1) is 16.5 Å². The molecule has 0 aliphatic rings. The van der Waals surface area contributed by atoms with E-state index in [1.54, 1.807) is 18.2 Å². The maximum Gasteiger partial charge on any atom is 0.133 e. The molecule has 1 unspecified atom stereocenters. The van der Waals surface area contributed by atoms with E-state index in [2.05, 4.69) is 22.0 Å². The largest absolute Gasteiger partial charge is 0.491 e. The van der Waals surface area contributed by atoms with Crippen LogP contribution >= 0.6 is 27.5 Å². The molecule has 0 aliphatic carbocycles. The van der Waals surface area contributed by atoms with Crippen LogP contribution in [0.1, 0.15) is 6.92 Å². The number of hydrogen-bond donors (Lipinski definition) is 0. The van der Waals surface area contributed by atoms with Gasteiger partial charge in [-0.25, -0.2) is 0 Å². The second-order valence-electron chi connectivity index (χ2n) is 2.92. The molecule has 1 atom stereocenters. The van der Waals surface area contributed by atoms with Gasteiger partial charge in [0, 0.05) is 5.02 Å². The van der Waals surface area contributed by atoms with Crippen molar-refractivity contribution in [1.82, 2.24) is 0 Å². The summed E-state index contributed by atoms with van der Waals surface area (Å²) in [6, 6.07) is 7.38. The van der Waals surface area contributed by atoms with Crippen molar-refractivity contribution < 1.29 is 4.74 Å². The van der Waals surface area contributed by atoms with Crippen molar-refractivity contribution in [2.75, 3.05) is 6.61 Å². The third-order valence-electron chi connectivity index (χ3n) is 1.60. The Morgan fingerprint density at radius 1 is 1.64 bits per heavy atom. The number of halogens is 2. The molecular weight excluding hydrogens is 265 g/mol. The van der Waals surface area contributed by atoms with E-state index in [1.165, 1.54) is 0 Å². The van der Waals surface area contributed by atoms with Crippen molar-refractivity contribution in [3.63, 3.8) is 0 Å². The predicted octanol–water partition coefficient (Wildman–Crippen LogP) is 3.64. The summed E-state index contributed by atoms with van der Waals surface area (Å²) in [5.74, 6) is 0.592. The number of nitriles is 1. The summed E-state index contributed by atoms with van der Waals surface area (Å²) < 4.78 is 6.22. The number of nitrogens with zero attached hydrogens (tertiary/aromatic N) is 1. The highest BCUT2D eigenvalue weighted by Crippen LogP contribution is 2.28. The zero-order chi connectivity index (χ0) is 10.6. The third-order valence-corrected chi connectivity index (χ3v) is 2.46. The zero-order valence-electron chi connectivity index (χ0n) is 7.63. The number of benzene rings is 1. The van der Waals surface area contributed by atoms with Gasteiger partial charge in [0.2, 0.25) is 0 Å². The van der Waals surface area contributed by atoms with Gasteiger partial charge in [-0.2, -0.15) is 5.26 Å². The smallest absolute Gasteiger partial charge is 0.133 e. The molecule has 0 aromatic heterocycles. The summed E-state index contributed by atoms with van der Waals surface area (Å²) in [7, 11) is 0. The molecule has 74 valence electrons. The maximum atomic E-state index is 8.56. The molecule has 1 rings (SSSR count). The first-order valence-electron chi connectivity index (χ1n) is 4.11. The van der Waals surface area contributed by atoms with Crippen molar-refractivity contribution in [1.29, 1.82) is 5.26 Å². The van der Waals surface area contributed by atoms with Crippen LogP contribution in [0.2, 0.25) is 5.02 Å². The molecule has 0 amide bonds. The highest BCUT2D eigenvalue weighted by atomic mass is 79.9. The first-order valence-corrected chi connectivity index (χ1v) is 5.28. The van der Waals surface area contributed by atoms with Crippen LogP contribution in [0.5, 0.6) is 5.75 Å². The fourth-order valence-electron chi connectivity index (χ4n) is 0.844. The van der Waals surface area contributed by atoms with Crippen molar-refractivity contribution in [2.45, 2.75) is 6.92 Å². The molecule has 0 N–H and O–H groups in total. The average molecular weight is 275 g/mol. The van der Waals surface area contributed by atoms with Crippen molar-refractivity contribution in [3.05, 3.63) is 27.7 Å². The standard InChI is InChI=1S/C10H9BrClNO/c1-7(5-13)6-14-10-3-2-8(12)4-9(10)11/h2-4,7H,6H2,1H3. The van der Waals surface area contributed by atoms with E-state index in [-0.39, 0.29) is 5.92 Å². The Hall–Kier alpha value is -0.720. The second kappa shape index (κ2) is 5.23. The molecule has 1 aromatic carbocycles. The second-order valence-corrected chi connectivity index (χ2v) is 4.21. The Labute approximate surface area is 96.6 Å². The average Bonchev–Trinajstić information content (AvgIpc) is 2.16. The van der Waals surface area contributed by atoms with E-state index in [1.807, 2.05) is 6.92 Å². The molecule has 2 nitrogen and oxygen atoms in total. The molecule has 0 bridgehead atoms. The Morgan fingerprint density at radius 2 is 2.36 bits per heavy atom. The molecule has 14 heavy (non-hydrogen) atoms. The highest BCUT2D eigenvalue weighted by molar-refractivity contribution is 9.10. The molecule has 0 fully saturated rings. The lowest BCUT2D eigenvalue weighted by Gasteiger charge is -2.08. The van der Waals surface area contributed by atoms with Crippen LogP contribution in [-0.2, 0) is 0 Å². The quantitative estimate of drug-likeness (QED) is 0.843. The van der Waals surface area contributed by atoms with Crippen LogP contribution in [0.4, 0.5) is 0 Å². The van der Waals surface area contributed by atoms with Gasteiger partial charge in [-0.3, -0.25) is 0 Å². The fourth-order valence-corrected chi connectivity index (χ4v) is 1.64. The lowest BCUT2D eigenvalue weighted by Crippen LogP contribution is -2.06. The number of ether oxygens (including phenoxy) is 1. The molecule has 0 radical (unpaired) electrons. The van der Waals surface area contributed by atoms with Gasteiger partial charge in [0.15, 0.2) is 0 Å². The Morgan fingerprint density at radius 3 is 2.93 bits per heavy atom. The summed E-state index contributed by atoms with van der Waals surface area (Å²) in [5, 5.41) is 9.21. The van der Waals surface area contributed by atoms with Gasteiger partial charge in [-0.05, 0) is 41.1 Å². The Bertz CT molecular complexity index is 362. The van der Waals surface area contributed by atoms with Crippen molar-refractivity contribution in [3.8, 4) is 11.8 Å². The van der Waals surface area contributed by atoms with E-state index in [4.69, 9.17) is 21.6 Å². The molecule has 0 aliphatic heterocycles. The van der Waals surface area contributed by atoms with Crippen LogP contribution in [0, 0.1) is 17.2 Å². The molecular formula is C10H9BrClNO. The van der Waals surface area contributed by atoms with Crippen LogP contribution < -0.4 is 4.74 Å². The van der Waals surface area contributed by atoms with E-state index >= 15 is 0 Å². The molecule has 1 aromatic rings. The van der Waals surface area contributed by atoms with Crippen LogP contribution in [0.3, 0.4) is 0 Å². The van der Waals surface area contributed by atoms with Crippen LogP contribution in [0.25, 0.3) is 0 Å². The lowest BCUT2D eigenvalue weighted by molar-refractivity contribution is 0.286. The van der Waals surface area contributed by atoms with Gasteiger partial charge in [-0.1, -0.05) is 11.6 Å². The molecule has 4 heteroatoms. The third kappa shape index (κ3) is 3.21. The minimum Gasteiger partial charge on any atom is -0.491 e. The minimum absolute atomic E-state index is 0.113. The van der Waals surface area contributed by atoms with E-state index in [0.717, 1.165) is 4.47 Å². The van der Waals surface area contributed by atoms with Gasteiger partial charge < -0.3 is 4.74 Å². The zero-order valence-corrected chi connectivity index (χ0v) is 9.97. The monoisotopic (exact) mass is 273 g/mol. The first kappa shape index (κ1) is 11.4. The van der Waals surface area contributed by atoms with Gasteiger partial charge in [0.1, 0.15) is 12.4 Å². The lowest BCUT2D eigenvalue weighted by atomic mass is 10.2. The van der Waals surface area contributed by atoms with E-state index in [9.17, 15) is 0 Å². The fraction of sp³-hybridized carbons (Fsp3) is 0.300. The highest BCUT2D eigenvalue weighted by Gasteiger charge is 2.04. The van der Waals surface area contributed by atoms with Crippen LogP contribution in [-0.4, -0.2) is 6.61 Å². The number of hydrogen-bond acceptors (Lipinski definition) is 2. The Balaban J connectivity index is 2.64. The normalized spacial score (nSPS) is 11.9. The molecule has 0 saturated heterocycles. The van der Waals surface area contributed by atoms with Crippen molar-refractivity contribution >= 4 is 27.5 Å². The minimum atomic E-state index is -0.113. The van der Waals surface area contributed by atoms with Crippen molar-refractivity contribution in [2.24, 2.45) is 5.92 Å². The molecule has 0 spiro atoms. The molecule has 0 saturated carbocycles.